The third kappa shape index (κ3) is 2.49. The van der Waals surface area contributed by atoms with Gasteiger partial charge in [-0.25, -0.2) is 9.78 Å². The molecule has 1 aromatic carbocycles. The molecule has 0 saturated carbocycles. The van der Waals surface area contributed by atoms with Crippen LogP contribution in [-0.4, -0.2) is 20.6 Å². The second-order valence-corrected chi connectivity index (χ2v) is 4.28. The fourth-order valence-electron chi connectivity index (χ4n) is 1.40. The molecule has 0 spiro atoms. The van der Waals surface area contributed by atoms with E-state index in [0.29, 0.717) is 6.54 Å². The number of benzene rings is 1. The van der Waals surface area contributed by atoms with Crippen molar-refractivity contribution in [2.24, 2.45) is 0 Å². The fourth-order valence-corrected chi connectivity index (χ4v) is 1.85. The minimum Gasteiger partial charge on any atom is -0.476 e. The van der Waals surface area contributed by atoms with E-state index in [1.165, 1.54) is 12.5 Å². The van der Waals surface area contributed by atoms with Crippen molar-refractivity contribution in [2.75, 3.05) is 0 Å². The summed E-state index contributed by atoms with van der Waals surface area (Å²) in [6.45, 7) is 0.611. The minimum absolute atomic E-state index is 0.0648. The quantitative estimate of drug-likeness (QED) is 0.939. The Morgan fingerprint density at radius 1 is 1.50 bits per heavy atom. The van der Waals surface area contributed by atoms with Crippen molar-refractivity contribution in [3.05, 3.63) is 52.5 Å². The van der Waals surface area contributed by atoms with E-state index in [9.17, 15) is 4.79 Å². The van der Waals surface area contributed by atoms with Gasteiger partial charge < -0.3 is 9.67 Å². The van der Waals surface area contributed by atoms with Crippen LogP contribution < -0.4 is 0 Å². The molecule has 16 heavy (non-hydrogen) atoms. The number of nitrogens with zero attached hydrogens (tertiary/aromatic N) is 2. The van der Waals surface area contributed by atoms with Crippen LogP contribution in [0.25, 0.3) is 0 Å². The molecule has 1 N–H and O–H groups in total. The zero-order valence-electron chi connectivity index (χ0n) is 8.30. The molecule has 0 unspecified atom stereocenters. The molecule has 5 heteroatoms. The number of carboxylic acids is 1. The standard InChI is InChI=1S/C11H9BrN2O2/c12-9-3-1-2-8(4-9)5-14-6-10(11(15)16)13-7-14/h1-4,6-7H,5H2,(H,15,16). The van der Waals surface area contributed by atoms with Crippen molar-refractivity contribution in [1.82, 2.24) is 9.55 Å². The molecule has 1 aromatic heterocycles. The van der Waals surface area contributed by atoms with Gasteiger partial charge in [-0.1, -0.05) is 28.1 Å². The molecule has 0 bridgehead atoms. The van der Waals surface area contributed by atoms with Crippen molar-refractivity contribution in [3.8, 4) is 0 Å². The fraction of sp³-hybridized carbons (Fsp3) is 0.0909. The predicted molar refractivity (Wildman–Crippen MR) is 62.4 cm³/mol. The average Bonchev–Trinajstić information content (AvgIpc) is 2.66. The van der Waals surface area contributed by atoms with Gasteiger partial charge in [0.15, 0.2) is 5.69 Å². The summed E-state index contributed by atoms with van der Waals surface area (Å²) < 4.78 is 2.74. The normalized spacial score (nSPS) is 10.3. The second-order valence-electron chi connectivity index (χ2n) is 3.37. The highest BCUT2D eigenvalue weighted by Gasteiger charge is 2.06. The van der Waals surface area contributed by atoms with Crippen LogP contribution in [-0.2, 0) is 6.54 Å². The molecule has 0 aliphatic rings. The first-order chi connectivity index (χ1) is 7.65. The second kappa shape index (κ2) is 4.49. The van der Waals surface area contributed by atoms with E-state index in [1.807, 2.05) is 24.3 Å². The van der Waals surface area contributed by atoms with Gasteiger partial charge in [0.1, 0.15) is 0 Å². The van der Waals surface area contributed by atoms with Gasteiger partial charge in [0, 0.05) is 17.2 Å². The average molecular weight is 281 g/mol. The predicted octanol–water partition coefficient (Wildman–Crippen LogP) is 2.39. The Bertz CT molecular complexity index is 522. The van der Waals surface area contributed by atoms with E-state index in [0.717, 1.165) is 10.0 Å². The van der Waals surface area contributed by atoms with E-state index >= 15 is 0 Å². The summed E-state index contributed by atoms with van der Waals surface area (Å²) in [4.78, 5) is 14.4. The Hall–Kier alpha value is -1.62. The van der Waals surface area contributed by atoms with Crippen LogP contribution >= 0.6 is 15.9 Å². The first-order valence-electron chi connectivity index (χ1n) is 4.64. The number of hydrogen-bond donors (Lipinski definition) is 1. The number of carboxylic acid groups (broad SMARTS) is 1. The van der Waals surface area contributed by atoms with Gasteiger partial charge in [-0.15, -0.1) is 0 Å². The van der Waals surface area contributed by atoms with E-state index in [1.54, 1.807) is 4.57 Å². The number of hydrogen-bond acceptors (Lipinski definition) is 2. The topological polar surface area (TPSA) is 55.1 Å². The molecule has 0 aliphatic heterocycles. The molecular formula is C11H9BrN2O2. The van der Waals surface area contributed by atoms with Crippen LogP contribution in [0.4, 0.5) is 0 Å². The van der Waals surface area contributed by atoms with Crippen molar-refractivity contribution in [1.29, 1.82) is 0 Å². The number of halogens is 1. The van der Waals surface area contributed by atoms with E-state index in [4.69, 9.17) is 5.11 Å². The maximum Gasteiger partial charge on any atom is 0.356 e. The molecular weight excluding hydrogens is 272 g/mol. The number of aromatic nitrogens is 2. The summed E-state index contributed by atoms with van der Waals surface area (Å²) in [6, 6.07) is 7.85. The molecule has 2 aromatic rings. The van der Waals surface area contributed by atoms with E-state index in [2.05, 4.69) is 20.9 Å². The van der Waals surface area contributed by atoms with Crippen LogP contribution in [0.1, 0.15) is 16.1 Å². The third-order valence-electron chi connectivity index (χ3n) is 2.11. The highest BCUT2D eigenvalue weighted by molar-refractivity contribution is 9.10. The highest BCUT2D eigenvalue weighted by Crippen LogP contribution is 2.12. The largest absolute Gasteiger partial charge is 0.476 e. The Kier molecular flexibility index (Phi) is 3.05. The summed E-state index contributed by atoms with van der Waals surface area (Å²) in [5.41, 5.74) is 1.15. The van der Waals surface area contributed by atoms with Crippen LogP contribution in [0.3, 0.4) is 0 Å². The van der Waals surface area contributed by atoms with Crippen LogP contribution in [0, 0.1) is 0 Å². The van der Waals surface area contributed by atoms with Crippen LogP contribution in [0.5, 0.6) is 0 Å². The van der Waals surface area contributed by atoms with Gasteiger partial charge >= 0.3 is 5.97 Å². The number of aromatic carboxylic acids is 1. The van der Waals surface area contributed by atoms with Gasteiger partial charge in [-0.2, -0.15) is 0 Å². The van der Waals surface area contributed by atoms with Crippen molar-refractivity contribution < 1.29 is 9.90 Å². The Morgan fingerprint density at radius 2 is 2.31 bits per heavy atom. The number of rotatable bonds is 3. The molecule has 0 saturated heterocycles. The Labute approximate surface area is 101 Å². The Balaban J connectivity index is 2.17. The molecule has 0 atom stereocenters. The van der Waals surface area contributed by atoms with Crippen LogP contribution in [0.15, 0.2) is 41.3 Å². The lowest BCUT2D eigenvalue weighted by Gasteiger charge is -2.02. The van der Waals surface area contributed by atoms with E-state index in [-0.39, 0.29) is 5.69 Å². The molecule has 0 aliphatic carbocycles. The molecule has 82 valence electrons. The summed E-state index contributed by atoms with van der Waals surface area (Å²) >= 11 is 3.38. The SMILES string of the molecule is O=C(O)c1cn(Cc2cccc(Br)c2)cn1. The minimum atomic E-state index is -1.01. The zero-order valence-corrected chi connectivity index (χ0v) is 9.89. The third-order valence-corrected chi connectivity index (χ3v) is 2.60. The molecule has 2 rings (SSSR count). The summed E-state index contributed by atoms with van der Waals surface area (Å²) in [6.07, 6.45) is 3.04. The van der Waals surface area contributed by atoms with Gasteiger partial charge in [-0.05, 0) is 17.7 Å². The van der Waals surface area contributed by atoms with E-state index < -0.39 is 5.97 Å². The monoisotopic (exact) mass is 280 g/mol. The summed E-state index contributed by atoms with van der Waals surface area (Å²) in [5.74, 6) is -1.01. The summed E-state index contributed by atoms with van der Waals surface area (Å²) in [7, 11) is 0. The van der Waals surface area contributed by atoms with Crippen molar-refractivity contribution in [2.45, 2.75) is 6.54 Å². The first kappa shape index (κ1) is 10.9. The van der Waals surface area contributed by atoms with Gasteiger partial charge in [0.05, 0.1) is 6.33 Å². The lowest BCUT2D eigenvalue weighted by atomic mass is 10.2. The molecule has 0 radical (unpaired) electrons. The molecule has 0 amide bonds. The van der Waals surface area contributed by atoms with Gasteiger partial charge in [-0.3, -0.25) is 0 Å². The Morgan fingerprint density at radius 3 is 2.94 bits per heavy atom. The van der Waals surface area contributed by atoms with Gasteiger partial charge in [0.25, 0.3) is 0 Å². The van der Waals surface area contributed by atoms with Gasteiger partial charge in [0.2, 0.25) is 0 Å². The molecule has 0 fully saturated rings. The number of imidazole rings is 1. The first-order valence-corrected chi connectivity index (χ1v) is 5.44. The maximum atomic E-state index is 10.6. The van der Waals surface area contributed by atoms with Crippen LogP contribution in [0.2, 0.25) is 0 Å². The zero-order chi connectivity index (χ0) is 11.5. The number of carbonyl (C=O) groups is 1. The summed E-state index contributed by atoms with van der Waals surface area (Å²) in [5, 5.41) is 8.73. The lowest BCUT2D eigenvalue weighted by Crippen LogP contribution is -1.98. The molecule has 4 nitrogen and oxygen atoms in total. The maximum absolute atomic E-state index is 10.6. The lowest BCUT2D eigenvalue weighted by molar-refractivity contribution is 0.0691. The molecule has 1 heterocycles. The smallest absolute Gasteiger partial charge is 0.356 e. The van der Waals surface area contributed by atoms with Crippen molar-refractivity contribution in [3.63, 3.8) is 0 Å². The van der Waals surface area contributed by atoms with Crippen molar-refractivity contribution >= 4 is 21.9 Å². The highest BCUT2D eigenvalue weighted by atomic mass is 79.9.